The van der Waals surface area contributed by atoms with Crippen molar-refractivity contribution in [1.29, 1.82) is 5.26 Å². The molecule has 0 unspecified atom stereocenters. The summed E-state index contributed by atoms with van der Waals surface area (Å²) in [5, 5.41) is 15.4. The van der Waals surface area contributed by atoms with Crippen molar-refractivity contribution in [3.05, 3.63) is 54.4 Å². The van der Waals surface area contributed by atoms with Crippen molar-refractivity contribution in [2.24, 2.45) is 0 Å². The van der Waals surface area contributed by atoms with Gasteiger partial charge in [0.15, 0.2) is 0 Å². The van der Waals surface area contributed by atoms with Crippen LogP contribution < -0.4 is 4.74 Å². The van der Waals surface area contributed by atoms with E-state index < -0.39 is 25.5 Å². The molecule has 250 valence electrons. The standard InChI is InChI=1S/C33H41F3N8O2Si/c1-23-15-28(33(34,35)36)41-29(16-23)46-26-7-5-25(6-8-26)43-19-32(20-43,10-11-37)44-18-24(17-40-44)30-27-9-12-42(31(27)39-21-38-30)22-45-13-14-47(2,3)4/h9,12,15-18,21,25-26H,5-8,10,13-14,19-20,22H2,1-4H3. The molecular formula is C33H41F3N8O2Si. The Morgan fingerprint density at radius 1 is 1.11 bits per heavy atom. The SMILES string of the molecule is Cc1cc(OC2CCC(N3CC(CC#N)(n4cc(-c5ncnc6c5ccn6COCC[Si](C)(C)C)cn4)C3)CC2)nc(C(F)(F)F)c1. The van der Waals surface area contributed by atoms with Gasteiger partial charge in [-0.25, -0.2) is 15.0 Å². The van der Waals surface area contributed by atoms with Crippen LogP contribution in [0.25, 0.3) is 22.3 Å². The van der Waals surface area contributed by atoms with E-state index in [9.17, 15) is 18.4 Å². The highest BCUT2D eigenvalue weighted by molar-refractivity contribution is 6.76. The monoisotopic (exact) mass is 666 g/mol. The first-order valence-electron chi connectivity index (χ1n) is 16.1. The van der Waals surface area contributed by atoms with Gasteiger partial charge >= 0.3 is 6.18 Å². The average Bonchev–Trinajstić information content (AvgIpc) is 3.64. The highest BCUT2D eigenvalue weighted by Crippen LogP contribution is 2.39. The molecule has 1 saturated heterocycles. The topological polar surface area (TPSA) is 107 Å². The molecule has 2 aliphatic rings. The van der Waals surface area contributed by atoms with E-state index in [0.29, 0.717) is 37.8 Å². The van der Waals surface area contributed by atoms with Crippen LogP contribution >= 0.6 is 0 Å². The Hall–Kier alpha value is -3.80. The maximum atomic E-state index is 13.2. The number of hydrogen-bond acceptors (Lipinski definition) is 8. The number of fused-ring (bicyclic) bond motifs is 1. The summed E-state index contributed by atoms with van der Waals surface area (Å²) in [5.74, 6) is 0.0237. The lowest BCUT2D eigenvalue weighted by Crippen LogP contribution is -2.65. The van der Waals surface area contributed by atoms with Crippen molar-refractivity contribution in [3.63, 3.8) is 0 Å². The van der Waals surface area contributed by atoms with Crippen LogP contribution in [-0.4, -0.2) is 74.1 Å². The molecule has 0 spiro atoms. The van der Waals surface area contributed by atoms with E-state index in [1.165, 1.54) is 0 Å². The number of rotatable bonds is 11. The number of likely N-dealkylation sites (tertiary alicyclic amines) is 1. The Balaban J connectivity index is 1.08. The van der Waals surface area contributed by atoms with E-state index in [1.54, 1.807) is 25.5 Å². The van der Waals surface area contributed by atoms with E-state index in [0.717, 1.165) is 66.7 Å². The Morgan fingerprint density at radius 2 is 1.87 bits per heavy atom. The lowest BCUT2D eigenvalue weighted by Gasteiger charge is -2.53. The van der Waals surface area contributed by atoms with E-state index in [2.05, 4.69) is 45.6 Å². The second kappa shape index (κ2) is 13.0. The van der Waals surface area contributed by atoms with Gasteiger partial charge in [-0.3, -0.25) is 9.58 Å². The van der Waals surface area contributed by atoms with Crippen LogP contribution in [0.5, 0.6) is 5.88 Å². The van der Waals surface area contributed by atoms with Gasteiger partial charge in [0, 0.05) is 63.2 Å². The van der Waals surface area contributed by atoms with Gasteiger partial charge in [0.1, 0.15) is 36.0 Å². The third kappa shape index (κ3) is 7.37. The molecule has 0 radical (unpaired) electrons. The highest BCUT2D eigenvalue weighted by atomic mass is 28.3. The average molecular weight is 667 g/mol. The first-order valence-corrected chi connectivity index (χ1v) is 19.8. The summed E-state index contributed by atoms with van der Waals surface area (Å²) in [6.45, 7) is 11.1. The maximum Gasteiger partial charge on any atom is 0.433 e. The molecule has 4 aromatic rings. The number of ether oxygens (including phenoxy) is 2. The van der Waals surface area contributed by atoms with Crippen LogP contribution in [0.15, 0.2) is 43.1 Å². The van der Waals surface area contributed by atoms with Gasteiger partial charge in [-0.05, 0) is 56.3 Å². The summed E-state index contributed by atoms with van der Waals surface area (Å²) in [7, 11) is -1.17. The second-order valence-electron chi connectivity index (χ2n) is 14.1. The zero-order valence-corrected chi connectivity index (χ0v) is 28.3. The zero-order chi connectivity index (χ0) is 33.4. The highest BCUT2D eigenvalue weighted by Gasteiger charge is 2.48. The molecule has 10 nitrogen and oxygen atoms in total. The fraction of sp³-hybridized carbons (Fsp3) is 0.545. The minimum absolute atomic E-state index is 0.0237. The Bertz CT molecular complexity index is 1740. The molecule has 1 aliphatic carbocycles. The van der Waals surface area contributed by atoms with E-state index >= 15 is 0 Å². The fourth-order valence-corrected chi connectivity index (χ4v) is 7.33. The van der Waals surface area contributed by atoms with Crippen LogP contribution in [0.4, 0.5) is 13.2 Å². The predicted octanol–water partition coefficient (Wildman–Crippen LogP) is 6.64. The molecule has 14 heteroatoms. The second-order valence-corrected chi connectivity index (χ2v) is 19.8. The molecule has 0 atom stereocenters. The van der Waals surface area contributed by atoms with E-state index in [4.69, 9.17) is 14.6 Å². The Morgan fingerprint density at radius 3 is 2.57 bits per heavy atom. The minimum Gasteiger partial charge on any atom is -0.474 e. The molecule has 1 aliphatic heterocycles. The van der Waals surface area contributed by atoms with Gasteiger partial charge in [-0.15, -0.1) is 0 Å². The van der Waals surface area contributed by atoms with E-state index in [1.807, 2.05) is 27.7 Å². The first-order chi connectivity index (χ1) is 22.3. The van der Waals surface area contributed by atoms with E-state index in [-0.39, 0.29) is 12.0 Å². The maximum absolute atomic E-state index is 13.2. The van der Waals surface area contributed by atoms with Crippen LogP contribution in [0, 0.1) is 18.3 Å². The van der Waals surface area contributed by atoms with Gasteiger partial charge in [0.2, 0.25) is 5.88 Å². The minimum atomic E-state index is -4.51. The molecule has 47 heavy (non-hydrogen) atoms. The summed E-state index contributed by atoms with van der Waals surface area (Å²) in [6, 6.07) is 8.36. The molecule has 0 N–H and O–H groups in total. The molecule has 0 bridgehead atoms. The van der Waals surface area contributed by atoms with Crippen molar-refractivity contribution in [1.82, 2.24) is 34.2 Å². The summed E-state index contributed by atoms with van der Waals surface area (Å²) >= 11 is 0. The van der Waals surface area contributed by atoms with Gasteiger partial charge in [-0.2, -0.15) is 23.5 Å². The zero-order valence-electron chi connectivity index (χ0n) is 27.3. The number of aromatic nitrogens is 6. The molecule has 1 saturated carbocycles. The van der Waals surface area contributed by atoms with Crippen molar-refractivity contribution < 1.29 is 22.6 Å². The summed E-state index contributed by atoms with van der Waals surface area (Å²) in [4.78, 5) is 15.2. The van der Waals surface area contributed by atoms with Crippen molar-refractivity contribution in [2.75, 3.05) is 19.7 Å². The fourth-order valence-electron chi connectivity index (χ4n) is 6.58. The number of nitriles is 1. The number of nitrogens with zero attached hydrogens (tertiary/aromatic N) is 8. The van der Waals surface area contributed by atoms with Gasteiger partial charge in [0.25, 0.3) is 0 Å². The van der Waals surface area contributed by atoms with Gasteiger partial charge in [0.05, 0.1) is 24.4 Å². The summed E-state index contributed by atoms with van der Waals surface area (Å²) < 4.78 is 55.4. The number of pyridine rings is 1. The smallest absolute Gasteiger partial charge is 0.433 e. The first kappa shape index (κ1) is 33.1. The quantitative estimate of drug-likeness (QED) is 0.130. The third-order valence-electron chi connectivity index (χ3n) is 9.21. The Kier molecular flexibility index (Phi) is 9.16. The number of aryl methyl sites for hydroxylation is 1. The van der Waals surface area contributed by atoms with Crippen molar-refractivity contribution in [3.8, 4) is 23.2 Å². The van der Waals surface area contributed by atoms with Crippen molar-refractivity contribution in [2.45, 2.75) is 95.3 Å². The Labute approximate surface area is 273 Å². The third-order valence-corrected chi connectivity index (χ3v) is 10.9. The molecule has 0 aromatic carbocycles. The van der Waals surface area contributed by atoms with Gasteiger partial charge in [-0.1, -0.05) is 19.6 Å². The lowest BCUT2D eigenvalue weighted by atomic mass is 9.82. The molecule has 5 heterocycles. The molecule has 0 amide bonds. The number of hydrogen-bond donors (Lipinski definition) is 0. The normalized spacial score (nSPS) is 20.2. The lowest BCUT2D eigenvalue weighted by molar-refractivity contribution is -0.141. The number of alkyl halides is 3. The van der Waals surface area contributed by atoms with Crippen LogP contribution in [0.1, 0.15) is 43.4 Å². The molecule has 4 aromatic heterocycles. The molecular weight excluding hydrogens is 625 g/mol. The van der Waals surface area contributed by atoms with Crippen LogP contribution in [0.2, 0.25) is 25.7 Å². The molecule has 2 fully saturated rings. The largest absolute Gasteiger partial charge is 0.474 e. The summed E-state index contributed by atoms with van der Waals surface area (Å²) in [5.41, 5.74) is 1.54. The number of halogens is 3. The van der Waals surface area contributed by atoms with Crippen LogP contribution in [0.3, 0.4) is 0 Å². The molecule has 6 rings (SSSR count). The summed E-state index contributed by atoms with van der Waals surface area (Å²) in [6.07, 6.45) is 6.10. The van der Waals surface area contributed by atoms with Gasteiger partial charge < -0.3 is 14.0 Å². The van der Waals surface area contributed by atoms with Crippen molar-refractivity contribution >= 4 is 19.1 Å². The predicted molar refractivity (Wildman–Crippen MR) is 173 cm³/mol. The van der Waals surface area contributed by atoms with Crippen LogP contribution in [-0.2, 0) is 23.2 Å².